The molecule has 1 fully saturated rings. The van der Waals surface area contributed by atoms with Crippen molar-refractivity contribution >= 4 is 17.4 Å². The van der Waals surface area contributed by atoms with Gasteiger partial charge in [-0.15, -0.1) is 0 Å². The second kappa shape index (κ2) is 11.0. The number of nitrogens with zero attached hydrogens (tertiary/aromatic N) is 1. The molecule has 1 unspecified atom stereocenters. The van der Waals surface area contributed by atoms with E-state index in [4.69, 9.17) is 9.73 Å². The predicted molar refractivity (Wildman–Crippen MR) is 129 cm³/mol. The number of carbonyl (C=O) groups is 1. The molecule has 2 aromatic carbocycles. The number of hydrogen-bond donors (Lipinski definition) is 2. The minimum atomic E-state index is 0.0147. The van der Waals surface area contributed by atoms with E-state index in [9.17, 15) is 4.79 Å². The van der Waals surface area contributed by atoms with Gasteiger partial charge in [-0.3, -0.25) is 4.79 Å². The molecule has 0 saturated heterocycles. The molecule has 168 valence electrons. The Balaban J connectivity index is 1.45. The highest BCUT2D eigenvalue weighted by Gasteiger charge is 2.27. The lowest BCUT2D eigenvalue weighted by molar-refractivity contribution is -0.119. The zero-order chi connectivity index (χ0) is 22.2. The average molecular weight is 432 g/mol. The van der Waals surface area contributed by atoms with Gasteiger partial charge in [-0.25, -0.2) is 4.99 Å². The summed E-state index contributed by atoms with van der Waals surface area (Å²) in [5, 5.41) is 6.76. The minimum absolute atomic E-state index is 0.0147. The third-order valence-corrected chi connectivity index (χ3v) is 6.44. The van der Waals surface area contributed by atoms with Crippen LogP contribution in [0, 0.1) is 5.92 Å². The number of hydrogen-bond acceptors (Lipinski definition) is 4. The molecule has 5 heteroatoms. The quantitative estimate of drug-likeness (QED) is 0.642. The minimum Gasteiger partial charge on any atom is -0.497 e. The van der Waals surface area contributed by atoms with Crippen LogP contribution >= 0.6 is 0 Å². The molecule has 0 aromatic heterocycles. The summed E-state index contributed by atoms with van der Waals surface area (Å²) in [5.41, 5.74) is 3.22. The molecule has 1 aliphatic heterocycles. The molecule has 1 aliphatic carbocycles. The first-order valence-electron chi connectivity index (χ1n) is 11.7. The second-order valence-electron chi connectivity index (χ2n) is 8.76. The Morgan fingerprint density at radius 1 is 1.06 bits per heavy atom. The van der Waals surface area contributed by atoms with Gasteiger partial charge < -0.3 is 15.4 Å². The molecule has 2 N–H and O–H groups in total. The lowest BCUT2D eigenvalue weighted by Gasteiger charge is -2.31. The lowest BCUT2D eigenvalue weighted by atomic mass is 9.84. The maximum Gasteiger partial charge on any atom is 0.225 e. The molecule has 2 aliphatic rings. The average Bonchev–Trinajstić information content (AvgIpc) is 2.85. The molecule has 0 bridgehead atoms. The van der Waals surface area contributed by atoms with Gasteiger partial charge in [0.1, 0.15) is 11.6 Å². The molecule has 32 heavy (non-hydrogen) atoms. The number of nitrogens with one attached hydrogen (secondary N) is 2. The van der Waals surface area contributed by atoms with Gasteiger partial charge in [0.25, 0.3) is 0 Å². The van der Waals surface area contributed by atoms with Crippen LogP contribution in [0.1, 0.15) is 56.1 Å². The van der Waals surface area contributed by atoms with Gasteiger partial charge >= 0.3 is 0 Å². The fraction of sp³-hybridized carbons (Fsp3) is 0.407. The normalized spacial score (nSPS) is 18.8. The number of ether oxygens (including phenoxy) is 1. The van der Waals surface area contributed by atoms with Crippen LogP contribution in [0.3, 0.4) is 0 Å². The summed E-state index contributed by atoms with van der Waals surface area (Å²) < 4.78 is 5.28. The molecule has 0 radical (unpaired) electrons. The van der Waals surface area contributed by atoms with E-state index < -0.39 is 0 Å². The number of methoxy groups -OCH3 is 1. The molecule has 5 nitrogen and oxygen atoms in total. The second-order valence-corrected chi connectivity index (χ2v) is 8.76. The molecule has 1 saturated carbocycles. The first kappa shape index (κ1) is 22.1. The first-order chi connectivity index (χ1) is 15.7. The standard InChI is InChI=1S/C27H33N3O2/c1-32-23-15-13-22(14-16-23)25-19-28-27(24(29-25)18-21-10-6-3-7-11-21)30-26(31)17-12-20-8-4-2-5-9-20/h2,4-5,8-9,13-16,19,21,24,29H,3,6-7,10-12,17-18H2,1H3,(H,28,30,31). The van der Waals surface area contributed by atoms with E-state index in [2.05, 4.69) is 22.8 Å². The number of aliphatic imine (C=N–C) groups is 1. The maximum absolute atomic E-state index is 12.7. The summed E-state index contributed by atoms with van der Waals surface area (Å²) >= 11 is 0. The summed E-state index contributed by atoms with van der Waals surface area (Å²) in [4.78, 5) is 17.4. The summed E-state index contributed by atoms with van der Waals surface area (Å²) in [6.07, 6.45) is 10.5. The molecule has 0 spiro atoms. The third kappa shape index (κ3) is 6.00. The molecule has 1 heterocycles. The summed E-state index contributed by atoms with van der Waals surface area (Å²) in [6.45, 7) is 0. The Kier molecular flexibility index (Phi) is 7.59. The summed E-state index contributed by atoms with van der Waals surface area (Å²) in [6, 6.07) is 18.1. The number of rotatable bonds is 7. The van der Waals surface area contributed by atoms with Crippen LogP contribution in [0.4, 0.5) is 0 Å². The van der Waals surface area contributed by atoms with Gasteiger partial charge in [-0.1, -0.05) is 62.4 Å². The van der Waals surface area contributed by atoms with E-state index in [1.54, 1.807) is 7.11 Å². The Morgan fingerprint density at radius 3 is 2.53 bits per heavy atom. The van der Waals surface area contributed by atoms with Crippen LogP contribution in [0.5, 0.6) is 5.75 Å². The molecule has 1 amide bonds. The highest BCUT2D eigenvalue weighted by molar-refractivity contribution is 6.03. The molecular formula is C27H33N3O2. The predicted octanol–water partition coefficient (Wildman–Crippen LogP) is 5.08. The fourth-order valence-electron chi connectivity index (χ4n) is 4.60. The van der Waals surface area contributed by atoms with Crippen LogP contribution in [0.15, 0.2) is 65.8 Å². The van der Waals surface area contributed by atoms with Crippen molar-refractivity contribution in [2.24, 2.45) is 10.9 Å². The summed E-state index contributed by atoms with van der Waals surface area (Å²) in [5.74, 6) is 2.26. The van der Waals surface area contributed by atoms with E-state index in [0.717, 1.165) is 35.7 Å². The number of amidine groups is 1. The third-order valence-electron chi connectivity index (χ3n) is 6.44. The van der Waals surface area contributed by atoms with Gasteiger partial charge in [-0.2, -0.15) is 0 Å². The lowest BCUT2D eigenvalue weighted by Crippen LogP contribution is -2.48. The van der Waals surface area contributed by atoms with E-state index in [1.165, 1.54) is 37.7 Å². The maximum atomic E-state index is 12.7. The zero-order valence-electron chi connectivity index (χ0n) is 18.8. The van der Waals surface area contributed by atoms with Crippen LogP contribution in [0.2, 0.25) is 0 Å². The monoisotopic (exact) mass is 431 g/mol. The smallest absolute Gasteiger partial charge is 0.225 e. The van der Waals surface area contributed by atoms with Crippen molar-refractivity contribution in [2.45, 2.75) is 57.4 Å². The van der Waals surface area contributed by atoms with Crippen molar-refractivity contribution in [1.82, 2.24) is 10.6 Å². The van der Waals surface area contributed by atoms with Gasteiger partial charge in [0, 0.05) is 6.42 Å². The fourth-order valence-corrected chi connectivity index (χ4v) is 4.60. The molecule has 2 aromatic rings. The van der Waals surface area contributed by atoms with Crippen molar-refractivity contribution in [3.63, 3.8) is 0 Å². The first-order valence-corrected chi connectivity index (χ1v) is 11.7. The highest BCUT2D eigenvalue weighted by Crippen LogP contribution is 2.29. The number of amides is 1. The van der Waals surface area contributed by atoms with Gasteiger partial charge in [0.2, 0.25) is 5.91 Å². The zero-order valence-corrected chi connectivity index (χ0v) is 18.8. The van der Waals surface area contributed by atoms with E-state index in [1.807, 2.05) is 48.7 Å². The molecule has 1 atom stereocenters. The Labute approximate surface area is 191 Å². The Morgan fingerprint density at radius 2 is 1.81 bits per heavy atom. The Hall–Kier alpha value is -3.08. The SMILES string of the molecule is COc1ccc(C2=CN=C(NC(=O)CCc3ccccc3)C(CC3CCCCC3)N2)cc1. The van der Waals surface area contributed by atoms with E-state index >= 15 is 0 Å². The van der Waals surface area contributed by atoms with Crippen LogP contribution in [-0.2, 0) is 11.2 Å². The van der Waals surface area contributed by atoms with Gasteiger partial charge in [-0.05, 0) is 54.2 Å². The van der Waals surface area contributed by atoms with Crippen molar-refractivity contribution in [2.75, 3.05) is 7.11 Å². The van der Waals surface area contributed by atoms with Gasteiger partial charge in [0.05, 0.1) is 25.0 Å². The molecular weight excluding hydrogens is 398 g/mol. The van der Waals surface area contributed by atoms with Crippen molar-refractivity contribution in [3.8, 4) is 5.75 Å². The van der Waals surface area contributed by atoms with Crippen LogP contribution in [-0.4, -0.2) is 24.9 Å². The van der Waals surface area contributed by atoms with Crippen molar-refractivity contribution in [1.29, 1.82) is 0 Å². The van der Waals surface area contributed by atoms with Crippen LogP contribution < -0.4 is 15.4 Å². The number of benzene rings is 2. The number of carbonyl (C=O) groups excluding carboxylic acids is 1. The molecule has 4 rings (SSSR count). The summed E-state index contributed by atoms with van der Waals surface area (Å²) in [7, 11) is 1.67. The topological polar surface area (TPSA) is 62.7 Å². The number of aryl methyl sites for hydroxylation is 1. The van der Waals surface area contributed by atoms with Crippen molar-refractivity contribution in [3.05, 3.63) is 71.9 Å². The van der Waals surface area contributed by atoms with E-state index in [-0.39, 0.29) is 11.9 Å². The van der Waals surface area contributed by atoms with Crippen molar-refractivity contribution < 1.29 is 9.53 Å². The van der Waals surface area contributed by atoms with Gasteiger partial charge in [0.15, 0.2) is 0 Å². The Bertz CT molecular complexity index is 945. The highest BCUT2D eigenvalue weighted by atomic mass is 16.5. The van der Waals surface area contributed by atoms with E-state index in [0.29, 0.717) is 12.3 Å². The van der Waals surface area contributed by atoms with Crippen LogP contribution in [0.25, 0.3) is 5.70 Å². The largest absolute Gasteiger partial charge is 0.497 e.